The maximum Gasteiger partial charge on any atom is 0.315 e. The van der Waals surface area contributed by atoms with Crippen LogP contribution in [0.5, 0.6) is 0 Å². The molecule has 0 bridgehead atoms. The van der Waals surface area contributed by atoms with Gasteiger partial charge in [0, 0.05) is 12.6 Å². The van der Waals surface area contributed by atoms with Crippen molar-refractivity contribution in [3.8, 4) is 0 Å². The molecule has 3 N–H and O–H groups in total. The van der Waals surface area contributed by atoms with Gasteiger partial charge in [-0.05, 0) is 37.2 Å². The normalized spacial score (nSPS) is 16.9. The molecular weight excluding hydrogens is 264 g/mol. The van der Waals surface area contributed by atoms with Crippen LogP contribution in [0.15, 0.2) is 0 Å². The van der Waals surface area contributed by atoms with Crippen molar-refractivity contribution in [1.29, 1.82) is 0 Å². The van der Waals surface area contributed by atoms with Gasteiger partial charge in [-0.15, -0.1) is 0 Å². The monoisotopic (exact) mass is 288 g/mol. The molecule has 0 radical (unpaired) electrons. The number of carbonyl (C=O) groups is 2. The van der Waals surface area contributed by atoms with Crippen LogP contribution >= 0.6 is 11.8 Å². The third kappa shape index (κ3) is 4.60. The van der Waals surface area contributed by atoms with Gasteiger partial charge in [0.05, 0.1) is 5.41 Å². The summed E-state index contributed by atoms with van der Waals surface area (Å²) >= 11 is 1.91. The van der Waals surface area contributed by atoms with Crippen molar-refractivity contribution in [3.63, 3.8) is 0 Å². The molecule has 1 aliphatic rings. The van der Waals surface area contributed by atoms with Gasteiger partial charge in [0.15, 0.2) is 0 Å². The van der Waals surface area contributed by atoms with E-state index >= 15 is 0 Å². The number of carboxylic acid groups (broad SMARTS) is 1. The van der Waals surface area contributed by atoms with Crippen molar-refractivity contribution in [2.24, 2.45) is 5.41 Å². The van der Waals surface area contributed by atoms with Crippen LogP contribution in [0.3, 0.4) is 0 Å². The number of hydrogen-bond donors (Lipinski definition) is 3. The van der Waals surface area contributed by atoms with E-state index < -0.39 is 11.4 Å². The van der Waals surface area contributed by atoms with Gasteiger partial charge in [0.25, 0.3) is 0 Å². The van der Waals surface area contributed by atoms with Crippen molar-refractivity contribution in [1.82, 2.24) is 10.6 Å². The number of rotatable bonds is 6. The Balaban J connectivity index is 2.41. The van der Waals surface area contributed by atoms with E-state index in [1.807, 2.05) is 25.6 Å². The van der Waals surface area contributed by atoms with Crippen LogP contribution in [0.1, 0.15) is 39.5 Å². The minimum absolute atomic E-state index is 0.183. The van der Waals surface area contributed by atoms with Crippen LogP contribution in [-0.2, 0) is 4.79 Å². The highest BCUT2D eigenvalue weighted by Crippen LogP contribution is 2.25. The largest absolute Gasteiger partial charge is 0.481 e. The third-order valence-corrected chi connectivity index (χ3v) is 5.00. The molecule has 2 amide bonds. The van der Waals surface area contributed by atoms with Crippen molar-refractivity contribution < 1.29 is 14.7 Å². The molecule has 0 aromatic rings. The fourth-order valence-corrected chi connectivity index (χ4v) is 3.31. The Kier molecular flexibility index (Phi) is 6.48. The maximum absolute atomic E-state index is 11.8. The molecule has 0 aliphatic carbocycles. The molecule has 5 nitrogen and oxygen atoms in total. The average Bonchev–Trinajstić information content (AvgIpc) is 2.41. The lowest BCUT2D eigenvalue weighted by Gasteiger charge is -2.28. The standard InChI is InChI=1S/C13H24N2O3S/c1-3-13(4-2,11(16)17)9-14-12(18)15-10-5-7-19-8-6-10/h10H,3-9H2,1-2H3,(H,16,17)(H2,14,15,18). The number of amides is 2. The summed E-state index contributed by atoms with van der Waals surface area (Å²) in [4.78, 5) is 23.1. The van der Waals surface area contributed by atoms with Gasteiger partial charge >= 0.3 is 12.0 Å². The fourth-order valence-electron chi connectivity index (χ4n) is 2.21. The topological polar surface area (TPSA) is 78.4 Å². The number of nitrogens with one attached hydrogen (secondary N) is 2. The molecule has 110 valence electrons. The van der Waals surface area contributed by atoms with Gasteiger partial charge in [-0.3, -0.25) is 4.79 Å². The Hall–Kier alpha value is -0.910. The predicted octanol–water partition coefficient (Wildman–Crippen LogP) is 2.07. The number of thioether (sulfide) groups is 1. The molecule has 0 atom stereocenters. The second-order valence-corrected chi connectivity index (χ2v) is 6.23. The molecule has 0 aromatic carbocycles. The Morgan fingerprint density at radius 1 is 1.26 bits per heavy atom. The van der Waals surface area contributed by atoms with Crippen LogP contribution in [0, 0.1) is 5.41 Å². The van der Waals surface area contributed by atoms with E-state index in [9.17, 15) is 14.7 Å². The van der Waals surface area contributed by atoms with Crippen LogP contribution in [0.25, 0.3) is 0 Å². The molecule has 1 aliphatic heterocycles. The van der Waals surface area contributed by atoms with E-state index in [1.165, 1.54) is 0 Å². The summed E-state index contributed by atoms with van der Waals surface area (Å²) in [6.07, 6.45) is 3.01. The van der Waals surface area contributed by atoms with Crippen LogP contribution < -0.4 is 10.6 Å². The number of carboxylic acids is 1. The van der Waals surface area contributed by atoms with E-state index in [1.54, 1.807) is 0 Å². The van der Waals surface area contributed by atoms with Crippen molar-refractivity contribution >= 4 is 23.8 Å². The molecular formula is C13H24N2O3S. The molecule has 1 heterocycles. The minimum atomic E-state index is -0.847. The van der Waals surface area contributed by atoms with E-state index in [4.69, 9.17) is 0 Å². The second kappa shape index (κ2) is 7.62. The van der Waals surface area contributed by atoms with Crippen molar-refractivity contribution in [2.45, 2.75) is 45.6 Å². The zero-order chi connectivity index (χ0) is 14.3. The van der Waals surface area contributed by atoms with Crippen molar-refractivity contribution in [2.75, 3.05) is 18.1 Å². The molecule has 1 rings (SSSR count). The van der Waals surface area contributed by atoms with Crippen LogP contribution in [0.4, 0.5) is 4.79 Å². The molecule has 6 heteroatoms. The van der Waals surface area contributed by atoms with E-state index in [2.05, 4.69) is 10.6 Å². The summed E-state index contributed by atoms with van der Waals surface area (Å²) in [5, 5.41) is 14.9. The summed E-state index contributed by atoms with van der Waals surface area (Å²) < 4.78 is 0. The fraction of sp³-hybridized carbons (Fsp3) is 0.846. The van der Waals surface area contributed by atoms with Gasteiger partial charge in [-0.1, -0.05) is 13.8 Å². The summed E-state index contributed by atoms with van der Waals surface area (Å²) in [6.45, 7) is 3.87. The van der Waals surface area contributed by atoms with E-state index in [-0.39, 0.29) is 18.6 Å². The Bertz CT molecular complexity index is 313. The molecule has 1 fully saturated rings. The molecule has 0 spiro atoms. The zero-order valence-corrected chi connectivity index (χ0v) is 12.5. The highest BCUT2D eigenvalue weighted by Gasteiger charge is 2.35. The average molecular weight is 288 g/mol. The Labute approximate surface area is 118 Å². The van der Waals surface area contributed by atoms with Crippen LogP contribution in [0.2, 0.25) is 0 Å². The van der Waals surface area contributed by atoms with Crippen molar-refractivity contribution in [3.05, 3.63) is 0 Å². The highest BCUT2D eigenvalue weighted by atomic mass is 32.2. The molecule has 19 heavy (non-hydrogen) atoms. The Morgan fingerprint density at radius 3 is 2.32 bits per heavy atom. The van der Waals surface area contributed by atoms with Crippen LogP contribution in [-0.4, -0.2) is 41.2 Å². The van der Waals surface area contributed by atoms with Gasteiger partial charge in [-0.25, -0.2) is 4.79 Å². The summed E-state index contributed by atoms with van der Waals surface area (Å²) in [7, 11) is 0. The smallest absolute Gasteiger partial charge is 0.315 e. The second-order valence-electron chi connectivity index (χ2n) is 5.01. The Morgan fingerprint density at radius 2 is 1.84 bits per heavy atom. The number of urea groups is 1. The molecule has 1 saturated heterocycles. The van der Waals surface area contributed by atoms with Gasteiger partial charge in [-0.2, -0.15) is 11.8 Å². The first-order chi connectivity index (χ1) is 9.04. The molecule has 0 saturated carbocycles. The zero-order valence-electron chi connectivity index (χ0n) is 11.7. The van der Waals surface area contributed by atoms with E-state index in [0.717, 1.165) is 24.3 Å². The highest BCUT2D eigenvalue weighted by molar-refractivity contribution is 7.99. The van der Waals surface area contributed by atoms with E-state index in [0.29, 0.717) is 12.8 Å². The summed E-state index contributed by atoms with van der Waals surface area (Å²) in [5.74, 6) is 1.31. The summed E-state index contributed by atoms with van der Waals surface area (Å²) in [6, 6.07) is -0.0202. The lowest BCUT2D eigenvalue weighted by Crippen LogP contribution is -2.48. The first-order valence-electron chi connectivity index (χ1n) is 6.89. The molecule has 0 aromatic heterocycles. The number of hydrogen-bond acceptors (Lipinski definition) is 3. The third-order valence-electron chi connectivity index (χ3n) is 3.95. The van der Waals surface area contributed by atoms with Gasteiger partial charge in [0.2, 0.25) is 0 Å². The SMILES string of the molecule is CCC(CC)(CNC(=O)NC1CCSCC1)C(=O)O. The maximum atomic E-state index is 11.8. The summed E-state index contributed by atoms with van der Waals surface area (Å²) in [5.41, 5.74) is -0.847. The first-order valence-corrected chi connectivity index (χ1v) is 8.05. The van der Waals surface area contributed by atoms with Gasteiger partial charge < -0.3 is 15.7 Å². The number of carbonyl (C=O) groups excluding carboxylic acids is 1. The lowest BCUT2D eigenvalue weighted by molar-refractivity contribution is -0.149. The number of aliphatic carboxylic acids is 1. The molecule has 0 unspecified atom stereocenters. The first kappa shape index (κ1) is 16.1. The van der Waals surface area contributed by atoms with Gasteiger partial charge in [0.1, 0.15) is 0 Å². The predicted molar refractivity (Wildman–Crippen MR) is 77.5 cm³/mol. The quantitative estimate of drug-likeness (QED) is 0.699. The lowest BCUT2D eigenvalue weighted by atomic mass is 9.82. The minimum Gasteiger partial charge on any atom is -0.481 e.